The number of halogens is 2. The molecule has 0 saturated carbocycles. The van der Waals surface area contributed by atoms with Gasteiger partial charge in [0.15, 0.2) is 0 Å². The van der Waals surface area contributed by atoms with E-state index in [0.717, 1.165) is 6.07 Å². The number of benzene rings is 1. The predicted molar refractivity (Wildman–Crippen MR) is 41.7 cm³/mol. The Bertz CT molecular complexity index is 275. The van der Waals surface area contributed by atoms with Crippen molar-refractivity contribution in [1.29, 1.82) is 0 Å². The van der Waals surface area contributed by atoms with Gasteiger partial charge in [-0.05, 0) is 28.1 Å². The lowest BCUT2D eigenvalue weighted by molar-refractivity contribution is 0.273. The number of rotatable bonds is 1. The quantitative estimate of drug-likeness (QED) is 0.758. The van der Waals surface area contributed by atoms with Crippen molar-refractivity contribution < 1.29 is 14.6 Å². The fourth-order valence-corrected chi connectivity index (χ4v) is 1.19. The van der Waals surface area contributed by atoms with Crippen molar-refractivity contribution in [2.24, 2.45) is 0 Å². The highest BCUT2D eigenvalue weighted by Crippen LogP contribution is 2.28. The minimum atomic E-state index is -0.494. The molecule has 1 aromatic rings. The highest BCUT2D eigenvalue weighted by Gasteiger charge is 2.08. The molecule has 11 heavy (non-hydrogen) atoms. The van der Waals surface area contributed by atoms with Gasteiger partial charge in [-0.25, -0.2) is 4.39 Å². The zero-order valence-corrected chi connectivity index (χ0v) is 7.10. The van der Waals surface area contributed by atoms with Crippen molar-refractivity contribution in [3.63, 3.8) is 0 Å². The van der Waals surface area contributed by atoms with Gasteiger partial charge in [-0.3, -0.25) is 0 Å². The number of phenols is 1. The van der Waals surface area contributed by atoms with E-state index in [0.29, 0.717) is 0 Å². The van der Waals surface area contributed by atoms with Crippen LogP contribution < -0.4 is 0 Å². The van der Waals surface area contributed by atoms with E-state index in [2.05, 4.69) is 15.9 Å². The van der Waals surface area contributed by atoms with E-state index in [1.165, 1.54) is 6.07 Å². The molecule has 1 rings (SSSR count). The third kappa shape index (κ3) is 1.52. The number of aromatic hydroxyl groups is 1. The van der Waals surface area contributed by atoms with E-state index in [9.17, 15) is 4.39 Å². The van der Waals surface area contributed by atoms with Gasteiger partial charge in [-0.15, -0.1) is 0 Å². The Balaban J connectivity index is 3.29. The van der Waals surface area contributed by atoms with Crippen LogP contribution in [-0.4, -0.2) is 10.2 Å². The van der Waals surface area contributed by atoms with Crippen molar-refractivity contribution in [3.8, 4) is 5.75 Å². The monoisotopic (exact) mass is 220 g/mol. The molecule has 2 N–H and O–H groups in total. The van der Waals surface area contributed by atoms with Crippen LogP contribution in [0, 0.1) is 5.82 Å². The molecule has 0 atom stereocenters. The first-order valence-corrected chi connectivity index (χ1v) is 3.73. The van der Waals surface area contributed by atoms with Crippen LogP contribution in [0.15, 0.2) is 16.6 Å². The predicted octanol–water partition coefficient (Wildman–Crippen LogP) is 1.79. The molecule has 0 heterocycles. The molecule has 60 valence electrons. The van der Waals surface area contributed by atoms with Crippen LogP contribution in [0.2, 0.25) is 0 Å². The Kier molecular flexibility index (Phi) is 2.46. The topological polar surface area (TPSA) is 40.5 Å². The Morgan fingerprint density at radius 2 is 2.09 bits per heavy atom. The molecule has 0 spiro atoms. The van der Waals surface area contributed by atoms with E-state index < -0.39 is 5.82 Å². The summed E-state index contributed by atoms with van der Waals surface area (Å²) in [5, 5.41) is 17.7. The molecule has 0 amide bonds. The van der Waals surface area contributed by atoms with Crippen molar-refractivity contribution in [2.45, 2.75) is 6.61 Å². The second kappa shape index (κ2) is 3.19. The number of aliphatic hydroxyl groups excluding tert-OH is 1. The zero-order chi connectivity index (χ0) is 8.43. The molecule has 0 aliphatic carbocycles. The van der Waals surface area contributed by atoms with E-state index >= 15 is 0 Å². The third-order valence-corrected chi connectivity index (χ3v) is 2.19. The lowest BCUT2D eigenvalue weighted by atomic mass is 10.2. The van der Waals surface area contributed by atoms with Gasteiger partial charge < -0.3 is 10.2 Å². The molecule has 0 aliphatic heterocycles. The largest absolute Gasteiger partial charge is 0.508 e. The molecule has 2 nitrogen and oxygen atoms in total. The van der Waals surface area contributed by atoms with Gasteiger partial charge >= 0.3 is 0 Å². The van der Waals surface area contributed by atoms with E-state index in [1.54, 1.807) is 0 Å². The molecule has 0 bridgehead atoms. The maximum Gasteiger partial charge on any atom is 0.138 e. The molecule has 4 heteroatoms. The Hall–Kier alpha value is -0.610. The van der Waals surface area contributed by atoms with Crippen LogP contribution in [-0.2, 0) is 6.61 Å². The van der Waals surface area contributed by atoms with Crippen molar-refractivity contribution in [3.05, 3.63) is 28.0 Å². The summed E-state index contributed by atoms with van der Waals surface area (Å²) >= 11 is 2.90. The van der Waals surface area contributed by atoms with Gasteiger partial charge in [0.05, 0.1) is 11.1 Å². The van der Waals surface area contributed by atoms with Gasteiger partial charge in [0.1, 0.15) is 11.6 Å². The highest BCUT2D eigenvalue weighted by molar-refractivity contribution is 9.10. The first kappa shape index (κ1) is 8.49. The van der Waals surface area contributed by atoms with Crippen LogP contribution in [0.3, 0.4) is 0 Å². The zero-order valence-electron chi connectivity index (χ0n) is 5.51. The van der Waals surface area contributed by atoms with E-state index in [-0.39, 0.29) is 22.4 Å². The molecule has 0 aromatic heterocycles. The minimum Gasteiger partial charge on any atom is -0.508 e. The van der Waals surface area contributed by atoms with Crippen LogP contribution in [0.25, 0.3) is 0 Å². The summed E-state index contributed by atoms with van der Waals surface area (Å²) < 4.78 is 12.8. The Morgan fingerprint density at radius 3 is 2.55 bits per heavy atom. The summed E-state index contributed by atoms with van der Waals surface area (Å²) in [6, 6.07) is 2.32. The Labute approximate surface area is 71.4 Å². The Morgan fingerprint density at radius 1 is 1.45 bits per heavy atom. The van der Waals surface area contributed by atoms with Crippen LogP contribution in [0.1, 0.15) is 5.56 Å². The molecule has 0 saturated heterocycles. The third-order valence-electron chi connectivity index (χ3n) is 1.33. The normalized spacial score (nSPS) is 10.1. The summed E-state index contributed by atoms with van der Waals surface area (Å²) in [7, 11) is 0. The van der Waals surface area contributed by atoms with Gasteiger partial charge in [0.25, 0.3) is 0 Å². The standard InChI is InChI=1S/C7H6BrFO2/c8-7-4(3-10)6(11)2-1-5(7)9/h1-2,10-11H,3H2. The average molecular weight is 221 g/mol. The molecule has 0 radical (unpaired) electrons. The number of aliphatic hydroxyl groups is 1. The molecule has 0 aliphatic rings. The number of hydrogen-bond acceptors (Lipinski definition) is 2. The molecular formula is C7H6BrFO2. The summed E-state index contributed by atoms with van der Waals surface area (Å²) in [5.74, 6) is -0.604. The first-order valence-electron chi connectivity index (χ1n) is 2.93. The maximum absolute atomic E-state index is 12.7. The fourth-order valence-electron chi connectivity index (χ4n) is 0.733. The highest BCUT2D eigenvalue weighted by atomic mass is 79.9. The lowest BCUT2D eigenvalue weighted by Crippen LogP contribution is -1.89. The van der Waals surface area contributed by atoms with Crippen molar-refractivity contribution in [1.82, 2.24) is 0 Å². The van der Waals surface area contributed by atoms with E-state index in [4.69, 9.17) is 10.2 Å². The summed E-state index contributed by atoms with van der Waals surface area (Å²) in [4.78, 5) is 0. The van der Waals surface area contributed by atoms with Gasteiger partial charge in [-0.1, -0.05) is 0 Å². The maximum atomic E-state index is 12.7. The second-order valence-corrected chi connectivity index (χ2v) is 2.81. The van der Waals surface area contributed by atoms with Crippen LogP contribution >= 0.6 is 15.9 Å². The summed E-state index contributed by atoms with van der Waals surface area (Å²) in [6.07, 6.45) is 0. The summed E-state index contributed by atoms with van der Waals surface area (Å²) in [5.41, 5.74) is 0.171. The minimum absolute atomic E-state index is 0.110. The van der Waals surface area contributed by atoms with Crippen molar-refractivity contribution >= 4 is 15.9 Å². The van der Waals surface area contributed by atoms with Gasteiger partial charge in [0.2, 0.25) is 0 Å². The van der Waals surface area contributed by atoms with Gasteiger partial charge in [0, 0.05) is 5.56 Å². The SMILES string of the molecule is OCc1c(O)ccc(F)c1Br. The second-order valence-electron chi connectivity index (χ2n) is 2.02. The first-order chi connectivity index (χ1) is 5.16. The molecule has 0 fully saturated rings. The fraction of sp³-hybridized carbons (Fsp3) is 0.143. The van der Waals surface area contributed by atoms with Crippen LogP contribution in [0.5, 0.6) is 5.75 Å². The smallest absolute Gasteiger partial charge is 0.138 e. The molecular weight excluding hydrogens is 215 g/mol. The molecule has 1 aromatic carbocycles. The average Bonchev–Trinajstić information content (AvgIpc) is 1.99. The molecule has 0 unspecified atom stereocenters. The number of hydrogen-bond donors (Lipinski definition) is 2. The summed E-state index contributed by atoms with van der Waals surface area (Å²) in [6.45, 7) is -0.385. The van der Waals surface area contributed by atoms with Gasteiger partial charge in [-0.2, -0.15) is 0 Å². The lowest BCUT2D eigenvalue weighted by Gasteiger charge is -2.03. The van der Waals surface area contributed by atoms with Crippen LogP contribution in [0.4, 0.5) is 4.39 Å². The van der Waals surface area contributed by atoms with E-state index in [1.807, 2.05) is 0 Å². The van der Waals surface area contributed by atoms with Crippen molar-refractivity contribution in [2.75, 3.05) is 0 Å².